The van der Waals surface area contributed by atoms with Crippen molar-refractivity contribution in [1.82, 2.24) is 15.5 Å². The lowest BCUT2D eigenvalue weighted by molar-refractivity contribution is -0.122. The third kappa shape index (κ3) is 5.18. The van der Waals surface area contributed by atoms with Crippen LogP contribution in [0.4, 0.5) is 0 Å². The zero-order valence-electron chi connectivity index (χ0n) is 14.2. The monoisotopic (exact) mass is 345 g/mol. The fraction of sp³-hybridized carbons (Fsp3) is 0.333. The Kier molecular flexibility index (Phi) is 6.52. The van der Waals surface area contributed by atoms with Gasteiger partial charge in [-0.2, -0.15) is 0 Å². The van der Waals surface area contributed by atoms with Crippen LogP contribution in [-0.2, 0) is 11.3 Å². The van der Waals surface area contributed by atoms with Crippen LogP contribution in [0.25, 0.3) is 0 Å². The van der Waals surface area contributed by atoms with E-state index < -0.39 is 0 Å². The topological polar surface area (TPSA) is 61.4 Å². The van der Waals surface area contributed by atoms with Crippen LogP contribution in [0, 0.1) is 0 Å². The molecule has 1 aromatic carbocycles. The SMILES string of the molecule is CNC(=O)c1ccc(CN(C)CC(=O)N[C@H](C)c2cccs2)cc1. The lowest BCUT2D eigenvalue weighted by atomic mass is 10.1. The molecule has 0 spiro atoms. The van der Waals surface area contributed by atoms with Crippen LogP contribution in [0.1, 0.15) is 33.8 Å². The predicted octanol–water partition coefficient (Wildman–Crippen LogP) is 2.42. The number of benzene rings is 1. The standard InChI is InChI=1S/C18H23N3O2S/c1-13(16-5-4-10-24-16)20-17(22)12-21(3)11-14-6-8-15(9-7-14)18(23)19-2/h4-10,13H,11-12H2,1-3H3,(H,19,23)(H,20,22)/t13-/m1/s1. The molecule has 5 nitrogen and oxygen atoms in total. The van der Waals surface area contributed by atoms with Gasteiger partial charge in [0.2, 0.25) is 5.91 Å². The highest BCUT2D eigenvalue weighted by molar-refractivity contribution is 7.10. The van der Waals surface area contributed by atoms with Gasteiger partial charge in [0.05, 0.1) is 12.6 Å². The van der Waals surface area contributed by atoms with Gasteiger partial charge in [-0.05, 0) is 43.1 Å². The van der Waals surface area contributed by atoms with Crippen LogP contribution in [-0.4, -0.2) is 37.4 Å². The molecule has 0 unspecified atom stereocenters. The van der Waals surface area contributed by atoms with Gasteiger partial charge in [-0.15, -0.1) is 11.3 Å². The maximum atomic E-state index is 12.1. The minimum absolute atomic E-state index is 0.000353. The third-order valence-corrected chi connectivity index (χ3v) is 4.71. The van der Waals surface area contributed by atoms with Crippen molar-refractivity contribution in [3.05, 3.63) is 57.8 Å². The van der Waals surface area contributed by atoms with Crippen molar-refractivity contribution >= 4 is 23.2 Å². The summed E-state index contributed by atoms with van der Waals surface area (Å²) in [4.78, 5) is 26.7. The van der Waals surface area contributed by atoms with Crippen LogP contribution in [0.5, 0.6) is 0 Å². The van der Waals surface area contributed by atoms with Crippen LogP contribution in [0.15, 0.2) is 41.8 Å². The van der Waals surface area contributed by atoms with E-state index in [1.165, 1.54) is 0 Å². The average Bonchev–Trinajstić information content (AvgIpc) is 3.09. The van der Waals surface area contributed by atoms with E-state index >= 15 is 0 Å². The van der Waals surface area contributed by atoms with Crippen LogP contribution < -0.4 is 10.6 Å². The first-order valence-corrected chi connectivity index (χ1v) is 8.70. The third-order valence-electron chi connectivity index (χ3n) is 3.66. The van der Waals surface area contributed by atoms with Crippen molar-refractivity contribution in [3.8, 4) is 0 Å². The van der Waals surface area contributed by atoms with Crippen LogP contribution >= 0.6 is 11.3 Å². The smallest absolute Gasteiger partial charge is 0.251 e. The molecule has 2 rings (SSSR count). The fourth-order valence-corrected chi connectivity index (χ4v) is 3.15. The van der Waals surface area contributed by atoms with Gasteiger partial charge in [-0.25, -0.2) is 0 Å². The molecule has 0 saturated carbocycles. The van der Waals surface area contributed by atoms with Crippen molar-refractivity contribution in [3.63, 3.8) is 0 Å². The summed E-state index contributed by atoms with van der Waals surface area (Å²) in [6.07, 6.45) is 0. The lowest BCUT2D eigenvalue weighted by Gasteiger charge is -2.18. The van der Waals surface area contributed by atoms with E-state index in [9.17, 15) is 9.59 Å². The van der Waals surface area contributed by atoms with Crippen molar-refractivity contribution in [2.24, 2.45) is 0 Å². The Hall–Kier alpha value is -2.18. The largest absolute Gasteiger partial charge is 0.355 e. The summed E-state index contributed by atoms with van der Waals surface area (Å²) >= 11 is 1.64. The summed E-state index contributed by atoms with van der Waals surface area (Å²) in [5.41, 5.74) is 1.69. The van der Waals surface area contributed by atoms with Gasteiger partial charge in [0.25, 0.3) is 5.91 Å². The molecule has 0 aliphatic carbocycles. The van der Waals surface area contributed by atoms with E-state index in [-0.39, 0.29) is 17.9 Å². The summed E-state index contributed by atoms with van der Waals surface area (Å²) in [5, 5.41) is 7.61. The van der Waals surface area contributed by atoms with Crippen LogP contribution in [0.2, 0.25) is 0 Å². The fourth-order valence-electron chi connectivity index (χ4n) is 2.41. The van der Waals surface area contributed by atoms with Gasteiger partial charge in [0.1, 0.15) is 0 Å². The zero-order valence-corrected chi connectivity index (χ0v) is 15.0. The number of carbonyl (C=O) groups is 2. The van der Waals surface area contributed by atoms with E-state index in [1.807, 2.05) is 48.5 Å². The lowest BCUT2D eigenvalue weighted by Crippen LogP contribution is -2.36. The molecule has 6 heteroatoms. The Morgan fingerprint density at radius 2 is 1.92 bits per heavy atom. The molecule has 0 aliphatic heterocycles. The van der Waals surface area contributed by atoms with Crippen molar-refractivity contribution < 1.29 is 9.59 Å². The molecule has 1 aromatic heterocycles. The molecule has 0 saturated heterocycles. The Morgan fingerprint density at radius 3 is 2.50 bits per heavy atom. The summed E-state index contributed by atoms with van der Waals surface area (Å²) < 4.78 is 0. The first-order chi connectivity index (χ1) is 11.5. The highest BCUT2D eigenvalue weighted by Gasteiger charge is 2.12. The second-order valence-corrected chi connectivity index (χ2v) is 6.73. The average molecular weight is 345 g/mol. The molecule has 2 amide bonds. The quantitative estimate of drug-likeness (QED) is 0.810. The number of likely N-dealkylation sites (N-methyl/N-ethyl adjacent to an activating group) is 1. The first-order valence-electron chi connectivity index (χ1n) is 7.82. The molecule has 0 aliphatic rings. The molecule has 0 radical (unpaired) electrons. The van der Waals surface area contributed by atoms with Crippen molar-refractivity contribution in [2.45, 2.75) is 19.5 Å². The van der Waals surface area contributed by atoms with Crippen LogP contribution in [0.3, 0.4) is 0 Å². The molecule has 1 heterocycles. The Balaban J connectivity index is 1.82. The highest BCUT2D eigenvalue weighted by Crippen LogP contribution is 2.17. The van der Waals surface area contributed by atoms with Gasteiger partial charge < -0.3 is 10.6 Å². The molecule has 0 fully saturated rings. The second-order valence-electron chi connectivity index (χ2n) is 5.75. The summed E-state index contributed by atoms with van der Waals surface area (Å²) in [6, 6.07) is 11.4. The van der Waals surface area contributed by atoms with Gasteiger partial charge >= 0.3 is 0 Å². The summed E-state index contributed by atoms with van der Waals surface area (Å²) in [5.74, 6) is -0.0998. The minimum Gasteiger partial charge on any atom is -0.355 e. The number of hydrogen-bond acceptors (Lipinski definition) is 4. The Labute approximate surface area is 146 Å². The Morgan fingerprint density at radius 1 is 1.21 bits per heavy atom. The second kappa shape index (κ2) is 8.61. The number of hydrogen-bond donors (Lipinski definition) is 2. The maximum Gasteiger partial charge on any atom is 0.251 e. The molecular weight excluding hydrogens is 322 g/mol. The number of thiophene rings is 1. The first kappa shape index (κ1) is 18.2. The number of nitrogens with one attached hydrogen (secondary N) is 2. The molecule has 2 aromatic rings. The molecule has 1 atom stereocenters. The van der Waals surface area contributed by atoms with E-state index in [2.05, 4.69) is 10.6 Å². The summed E-state index contributed by atoms with van der Waals surface area (Å²) in [6.45, 7) is 2.96. The molecule has 2 N–H and O–H groups in total. The predicted molar refractivity (Wildman–Crippen MR) is 97.0 cm³/mol. The molecule has 128 valence electrons. The molecular formula is C18H23N3O2S. The summed E-state index contributed by atoms with van der Waals surface area (Å²) in [7, 11) is 3.52. The Bertz CT molecular complexity index is 668. The van der Waals surface area contributed by atoms with E-state index in [0.717, 1.165) is 10.4 Å². The number of rotatable bonds is 7. The van der Waals surface area contributed by atoms with E-state index in [4.69, 9.17) is 0 Å². The number of nitrogens with zero attached hydrogens (tertiary/aromatic N) is 1. The van der Waals surface area contributed by atoms with Gasteiger partial charge in [-0.3, -0.25) is 14.5 Å². The zero-order chi connectivity index (χ0) is 17.5. The molecule has 24 heavy (non-hydrogen) atoms. The van der Waals surface area contributed by atoms with Crippen molar-refractivity contribution in [2.75, 3.05) is 20.6 Å². The highest BCUT2D eigenvalue weighted by atomic mass is 32.1. The van der Waals surface area contributed by atoms with Crippen molar-refractivity contribution in [1.29, 1.82) is 0 Å². The van der Waals surface area contributed by atoms with Gasteiger partial charge in [-0.1, -0.05) is 18.2 Å². The number of amides is 2. The van der Waals surface area contributed by atoms with E-state index in [0.29, 0.717) is 18.7 Å². The maximum absolute atomic E-state index is 12.1. The number of carbonyl (C=O) groups excluding carboxylic acids is 2. The molecule has 0 bridgehead atoms. The van der Waals surface area contributed by atoms with Gasteiger partial charge in [0, 0.05) is 24.0 Å². The minimum atomic E-state index is -0.100. The van der Waals surface area contributed by atoms with Gasteiger partial charge in [0.15, 0.2) is 0 Å². The van der Waals surface area contributed by atoms with E-state index in [1.54, 1.807) is 30.5 Å². The normalized spacial score (nSPS) is 12.0.